The number of hydrogen-bond donors (Lipinski definition) is 0. The largest absolute Gasteiger partial charge is 0.316 e. The minimum Gasteiger partial charge on any atom is -0.316 e. The Balaban J connectivity index is 2.06. The van der Waals surface area contributed by atoms with Crippen LogP contribution >= 0.6 is 35.0 Å². The molecular formula is C13H12Cl2N2O3S2. The van der Waals surface area contributed by atoms with Crippen LogP contribution in [-0.2, 0) is 14.6 Å². The molecule has 22 heavy (non-hydrogen) atoms. The maximum Gasteiger partial charge on any atom is 0.244 e. The zero-order valence-corrected chi connectivity index (χ0v) is 14.6. The SMILES string of the molecule is CC(=O)N=C1SC2CS(=O)(=O)CC2N1c1ccc(Cl)c(Cl)c1. The number of sulfone groups is 1. The Morgan fingerprint density at radius 3 is 2.68 bits per heavy atom. The van der Waals surface area contributed by atoms with Crippen LogP contribution in [0.3, 0.4) is 0 Å². The minimum absolute atomic E-state index is 0.0435. The van der Waals surface area contributed by atoms with Crippen LogP contribution in [0.2, 0.25) is 10.0 Å². The third-order valence-corrected chi connectivity index (χ3v) is 7.45. The highest BCUT2D eigenvalue weighted by Gasteiger charge is 2.49. The number of aliphatic imine (C=N–C) groups is 1. The van der Waals surface area contributed by atoms with Crippen molar-refractivity contribution in [3.63, 3.8) is 0 Å². The summed E-state index contributed by atoms with van der Waals surface area (Å²) in [7, 11) is -3.08. The molecule has 2 atom stereocenters. The van der Waals surface area contributed by atoms with Gasteiger partial charge in [0.2, 0.25) is 5.91 Å². The van der Waals surface area contributed by atoms with Gasteiger partial charge in [0.15, 0.2) is 15.0 Å². The van der Waals surface area contributed by atoms with Crippen LogP contribution in [0.4, 0.5) is 5.69 Å². The summed E-state index contributed by atoms with van der Waals surface area (Å²) in [5, 5.41) is 1.17. The number of amides is 1. The van der Waals surface area contributed by atoms with Crippen LogP contribution < -0.4 is 4.90 Å². The van der Waals surface area contributed by atoms with Crippen LogP contribution in [0.5, 0.6) is 0 Å². The highest BCUT2D eigenvalue weighted by Crippen LogP contribution is 2.42. The fourth-order valence-electron chi connectivity index (χ4n) is 2.64. The van der Waals surface area contributed by atoms with Crippen molar-refractivity contribution in [2.24, 2.45) is 4.99 Å². The summed E-state index contributed by atoms with van der Waals surface area (Å²) in [5.41, 5.74) is 0.687. The predicted molar refractivity (Wildman–Crippen MR) is 90.9 cm³/mol. The van der Waals surface area contributed by atoms with Crippen molar-refractivity contribution in [3.05, 3.63) is 28.2 Å². The molecule has 1 aromatic rings. The Kier molecular flexibility index (Phi) is 4.18. The molecule has 5 nitrogen and oxygen atoms in total. The Labute approximate surface area is 142 Å². The number of hydrogen-bond acceptors (Lipinski definition) is 4. The van der Waals surface area contributed by atoms with Gasteiger partial charge in [-0.25, -0.2) is 8.42 Å². The van der Waals surface area contributed by atoms with Gasteiger partial charge in [-0.15, -0.1) is 0 Å². The summed E-state index contributed by atoms with van der Waals surface area (Å²) in [6.07, 6.45) is 0. The highest BCUT2D eigenvalue weighted by molar-refractivity contribution is 8.16. The van der Waals surface area contributed by atoms with Crippen LogP contribution in [0.1, 0.15) is 6.92 Å². The first-order valence-corrected chi connectivity index (χ1v) is 9.93. The number of nitrogens with zero attached hydrogens (tertiary/aromatic N) is 2. The number of halogens is 2. The van der Waals surface area contributed by atoms with Gasteiger partial charge in [-0.1, -0.05) is 35.0 Å². The summed E-state index contributed by atoms with van der Waals surface area (Å²) < 4.78 is 23.8. The first-order chi connectivity index (χ1) is 10.3. The van der Waals surface area contributed by atoms with Gasteiger partial charge in [0, 0.05) is 17.9 Å². The number of anilines is 1. The van der Waals surface area contributed by atoms with E-state index in [-0.39, 0.29) is 28.7 Å². The van der Waals surface area contributed by atoms with E-state index >= 15 is 0 Å². The van der Waals surface area contributed by atoms with Crippen molar-refractivity contribution in [3.8, 4) is 0 Å². The molecule has 0 N–H and O–H groups in total. The lowest BCUT2D eigenvalue weighted by Gasteiger charge is -2.24. The Bertz CT molecular complexity index is 779. The molecule has 2 fully saturated rings. The van der Waals surface area contributed by atoms with Crippen molar-refractivity contribution < 1.29 is 13.2 Å². The van der Waals surface area contributed by atoms with Gasteiger partial charge >= 0.3 is 0 Å². The Morgan fingerprint density at radius 2 is 2.05 bits per heavy atom. The van der Waals surface area contributed by atoms with E-state index in [0.717, 1.165) is 0 Å². The van der Waals surface area contributed by atoms with Gasteiger partial charge in [0.25, 0.3) is 0 Å². The second kappa shape index (κ2) is 5.70. The van der Waals surface area contributed by atoms with Gasteiger partial charge in [0.05, 0.1) is 27.6 Å². The maximum atomic E-state index is 11.9. The van der Waals surface area contributed by atoms with Gasteiger partial charge < -0.3 is 4.90 Å². The van der Waals surface area contributed by atoms with Gasteiger partial charge in [-0.3, -0.25) is 4.79 Å². The highest BCUT2D eigenvalue weighted by atomic mass is 35.5. The smallest absolute Gasteiger partial charge is 0.244 e. The molecule has 1 aromatic carbocycles. The molecule has 1 amide bonds. The van der Waals surface area contributed by atoms with E-state index in [0.29, 0.717) is 20.9 Å². The number of benzene rings is 1. The molecule has 118 valence electrons. The topological polar surface area (TPSA) is 66.8 Å². The zero-order chi connectivity index (χ0) is 16.1. The number of rotatable bonds is 1. The quantitative estimate of drug-likeness (QED) is 0.751. The molecule has 0 saturated carbocycles. The summed E-state index contributed by atoms with van der Waals surface area (Å²) in [6, 6.07) is 4.81. The van der Waals surface area contributed by atoms with E-state index in [4.69, 9.17) is 23.2 Å². The van der Waals surface area contributed by atoms with Crippen molar-refractivity contribution in [2.45, 2.75) is 18.2 Å². The molecule has 0 spiro atoms. The summed E-state index contributed by atoms with van der Waals surface area (Å²) in [6.45, 7) is 1.37. The average molecular weight is 379 g/mol. The van der Waals surface area contributed by atoms with Crippen LogP contribution in [0, 0.1) is 0 Å². The van der Waals surface area contributed by atoms with Crippen molar-refractivity contribution in [1.29, 1.82) is 0 Å². The van der Waals surface area contributed by atoms with Gasteiger partial charge in [-0.2, -0.15) is 4.99 Å². The minimum atomic E-state index is -3.08. The Morgan fingerprint density at radius 1 is 1.32 bits per heavy atom. The molecule has 2 unspecified atom stereocenters. The van der Waals surface area contributed by atoms with E-state index in [2.05, 4.69) is 4.99 Å². The summed E-state index contributed by atoms with van der Waals surface area (Å²) >= 11 is 13.3. The summed E-state index contributed by atoms with van der Waals surface area (Å²) in [4.78, 5) is 17.1. The molecule has 0 aliphatic carbocycles. The van der Waals surface area contributed by atoms with E-state index in [1.165, 1.54) is 18.7 Å². The van der Waals surface area contributed by atoms with Crippen molar-refractivity contribution in [2.75, 3.05) is 16.4 Å². The lowest BCUT2D eigenvalue weighted by atomic mass is 10.2. The van der Waals surface area contributed by atoms with Crippen molar-refractivity contribution >= 4 is 61.6 Å². The average Bonchev–Trinajstić information content (AvgIpc) is 2.83. The normalized spacial score (nSPS) is 28.1. The predicted octanol–water partition coefficient (Wildman–Crippen LogP) is 2.61. The molecule has 2 aliphatic heterocycles. The monoisotopic (exact) mass is 378 g/mol. The second-order valence-corrected chi connectivity index (χ2v) is 9.36. The van der Waals surface area contributed by atoms with E-state index in [1.807, 2.05) is 0 Å². The van der Waals surface area contributed by atoms with Crippen LogP contribution in [0.25, 0.3) is 0 Å². The molecule has 2 saturated heterocycles. The molecule has 2 aliphatic rings. The van der Waals surface area contributed by atoms with E-state index in [9.17, 15) is 13.2 Å². The molecule has 9 heteroatoms. The molecule has 2 heterocycles. The van der Waals surface area contributed by atoms with Gasteiger partial charge in [-0.05, 0) is 18.2 Å². The van der Waals surface area contributed by atoms with Crippen molar-refractivity contribution in [1.82, 2.24) is 0 Å². The maximum absolute atomic E-state index is 11.9. The number of carbonyl (C=O) groups is 1. The second-order valence-electron chi connectivity index (χ2n) is 5.18. The number of thioether (sulfide) groups is 1. The third-order valence-electron chi connectivity index (χ3n) is 3.50. The Hall–Kier alpha value is -0.760. The number of carbonyl (C=O) groups excluding carboxylic acids is 1. The first-order valence-electron chi connectivity index (χ1n) is 6.47. The lowest BCUT2D eigenvalue weighted by Crippen LogP contribution is -2.37. The first kappa shape index (κ1) is 16.1. The number of amidine groups is 1. The van der Waals surface area contributed by atoms with Gasteiger partial charge in [0.1, 0.15) is 0 Å². The van der Waals surface area contributed by atoms with E-state index < -0.39 is 9.84 Å². The molecule has 0 radical (unpaired) electrons. The molecule has 3 rings (SSSR count). The van der Waals surface area contributed by atoms with Crippen LogP contribution in [-0.4, -0.2) is 42.3 Å². The standard InChI is InChI=1S/C13H12Cl2N2O3S2/c1-7(18)16-13-17(8-2-3-9(14)10(15)4-8)11-5-22(19,20)6-12(11)21-13/h2-4,11-12H,5-6H2,1H3. The molecule has 0 aromatic heterocycles. The van der Waals surface area contributed by atoms with Crippen LogP contribution in [0.15, 0.2) is 23.2 Å². The fraction of sp³-hybridized carbons (Fsp3) is 0.385. The fourth-order valence-corrected chi connectivity index (χ4v) is 6.89. The van der Waals surface area contributed by atoms with E-state index in [1.54, 1.807) is 23.1 Å². The summed E-state index contributed by atoms with van der Waals surface area (Å²) in [5.74, 6) is -0.186. The molecule has 0 bridgehead atoms. The lowest BCUT2D eigenvalue weighted by molar-refractivity contribution is -0.115. The number of fused-ring (bicyclic) bond motifs is 1. The zero-order valence-electron chi connectivity index (χ0n) is 11.5. The third kappa shape index (κ3) is 2.99. The molecular weight excluding hydrogens is 367 g/mol.